The minimum absolute atomic E-state index is 0. The number of fused-ring (bicyclic) bond motifs is 29. The summed E-state index contributed by atoms with van der Waals surface area (Å²) in [5.74, 6) is 29.8. The van der Waals surface area contributed by atoms with Crippen molar-refractivity contribution in [3.8, 4) is 0 Å². The van der Waals surface area contributed by atoms with E-state index in [0.717, 1.165) is 263 Å². The summed E-state index contributed by atoms with van der Waals surface area (Å²) in [5.41, 5.74) is -0.792. The van der Waals surface area contributed by atoms with Gasteiger partial charge in [0.05, 0.1) is 30.1 Å². The van der Waals surface area contributed by atoms with Gasteiger partial charge in [0.2, 0.25) is 0 Å². The topological polar surface area (TPSA) is 158 Å². The molecule has 42 atom stereocenters. The maximum absolute atomic E-state index is 13.6. The minimum atomic E-state index is -0.304. The van der Waals surface area contributed by atoms with Gasteiger partial charge in [0.15, 0.2) is 0 Å². The molecule has 22 aliphatic rings. The van der Waals surface area contributed by atoms with Crippen LogP contribution < -0.4 is 0 Å². The summed E-state index contributed by atoms with van der Waals surface area (Å²) in [6.07, 6.45) is 63.2. The third-order valence-electron chi connectivity index (χ3n) is 47.9. The quantitative estimate of drug-likeness (QED) is 0.0516. The Hall–Kier alpha value is -3.18. The van der Waals surface area contributed by atoms with Crippen molar-refractivity contribution in [2.75, 3.05) is 0 Å². The first kappa shape index (κ1) is 125. The summed E-state index contributed by atoms with van der Waals surface area (Å²) in [5, 5.41) is 0. The highest BCUT2D eigenvalue weighted by Gasteiger charge is 2.69. The van der Waals surface area contributed by atoms with Gasteiger partial charge in [-0.3, -0.25) is 28.8 Å². The van der Waals surface area contributed by atoms with E-state index in [1.165, 1.54) is 232 Å². The smallest absolute Gasteiger partial charge is 0.310 e. The summed E-state index contributed by atoms with van der Waals surface area (Å²) in [6.45, 7) is 38.2. The molecule has 0 amide bonds. The molecule has 12 heteroatoms. The van der Waals surface area contributed by atoms with Crippen LogP contribution in [0.15, 0.2) is 0 Å². The van der Waals surface area contributed by atoms with E-state index in [2.05, 4.69) is 111 Å². The second-order valence-corrected chi connectivity index (χ2v) is 52.2. The van der Waals surface area contributed by atoms with Crippen molar-refractivity contribution in [3.63, 3.8) is 0 Å². The molecule has 0 aliphatic heterocycles. The van der Waals surface area contributed by atoms with E-state index < -0.39 is 0 Å². The fourth-order valence-electron chi connectivity index (χ4n) is 41.8. The van der Waals surface area contributed by atoms with Crippen LogP contribution in [0.2, 0.25) is 0 Å². The van der Waals surface area contributed by atoms with Crippen LogP contribution in [0.1, 0.15) is 526 Å². The van der Waals surface area contributed by atoms with Gasteiger partial charge in [-0.15, -0.1) is 0 Å². The Kier molecular flexibility index (Phi) is 45.2. The molecule has 22 aliphatic carbocycles. The number of hydrogen-bond donors (Lipinski definition) is 0. The van der Waals surface area contributed by atoms with Gasteiger partial charge in [0.25, 0.3) is 0 Å². The van der Waals surface area contributed by atoms with Gasteiger partial charge in [-0.05, 0) is 464 Å². The Morgan fingerprint density at radius 3 is 0.937 bits per heavy atom. The van der Waals surface area contributed by atoms with E-state index in [4.69, 9.17) is 28.4 Å². The van der Waals surface area contributed by atoms with Crippen molar-refractivity contribution < 1.29 is 57.2 Å². The minimum Gasteiger partial charge on any atom is -0.462 e. The van der Waals surface area contributed by atoms with Crippen molar-refractivity contribution in [2.45, 2.75) is 560 Å². The van der Waals surface area contributed by atoms with E-state index in [0.29, 0.717) is 53.3 Å². The predicted molar refractivity (Wildman–Crippen MR) is 597 cm³/mol. The van der Waals surface area contributed by atoms with Crippen molar-refractivity contribution in [1.29, 1.82) is 0 Å². The Labute approximate surface area is 884 Å². The first-order valence-corrected chi connectivity index (χ1v) is 59.5. The zero-order valence-electron chi connectivity index (χ0n) is 87.8. The van der Waals surface area contributed by atoms with Gasteiger partial charge < -0.3 is 28.4 Å². The van der Waals surface area contributed by atoms with Crippen molar-refractivity contribution in [3.05, 3.63) is 0 Å². The molecule has 0 aromatic rings. The van der Waals surface area contributed by atoms with Crippen LogP contribution >= 0.6 is 0 Å². The van der Waals surface area contributed by atoms with Gasteiger partial charge in [0, 0.05) is 6.92 Å². The van der Waals surface area contributed by atoms with Crippen LogP contribution in [0.3, 0.4) is 0 Å². The summed E-state index contributed by atoms with van der Waals surface area (Å²) >= 11 is 0. The lowest BCUT2D eigenvalue weighted by atomic mass is 9.69. The Morgan fingerprint density at radius 2 is 0.615 bits per heavy atom. The highest BCUT2D eigenvalue weighted by molar-refractivity contribution is 5.76. The molecule has 0 heterocycles. The Morgan fingerprint density at radius 1 is 0.301 bits per heavy atom. The highest BCUT2D eigenvalue weighted by Crippen LogP contribution is 2.73. The second-order valence-electron chi connectivity index (χ2n) is 52.2. The number of rotatable bonds is 29. The van der Waals surface area contributed by atoms with Gasteiger partial charge in [0.1, 0.15) is 34.1 Å². The first-order valence-electron chi connectivity index (χ1n) is 59.5. The lowest BCUT2D eigenvalue weighted by molar-refractivity contribution is -0.176. The third-order valence-corrected chi connectivity index (χ3v) is 47.9. The zero-order valence-corrected chi connectivity index (χ0v) is 87.8. The van der Waals surface area contributed by atoms with Gasteiger partial charge >= 0.3 is 35.8 Å². The largest absolute Gasteiger partial charge is 0.462 e. The summed E-state index contributed by atoms with van der Waals surface area (Å²) in [6, 6.07) is 0. The van der Waals surface area contributed by atoms with Crippen LogP contribution in [0.5, 0.6) is 0 Å². The summed E-state index contributed by atoms with van der Waals surface area (Å²) < 4.78 is 37.4. The highest BCUT2D eigenvalue weighted by atomic mass is 16.6. The van der Waals surface area contributed by atoms with Gasteiger partial charge in [-0.2, -0.15) is 0 Å². The molecule has 143 heavy (non-hydrogen) atoms. The normalized spacial score (nSPS) is 43.5. The number of ether oxygens (including phenoxy) is 6. The number of hydrogen-bond acceptors (Lipinski definition) is 12. The van der Waals surface area contributed by atoms with E-state index in [1.54, 1.807) is 0 Å². The lowest BCUT2D eigenvalue weighted by Gasteiger charge is -2.41. The Balaban J connectivity index is 0.000000216. The molecule has 0 radical (unpaired) electrons. The molecular weight excluding hydrogens is 1770 g/mol. The van der Waals surface area contributed by atoms with Crippen LogP contribution in [0.25, 0.3) is 0 Å². The summed E-state index contributed by atoms with van der Waals surface area (Å²) in [4.78, 5) is 78.1. The maximum atomic E-state index is 13.6. The molecule has 0 spiro atoms. The molecule has 42 unspecified atom stereocenters. The SMILES string of the molecule is C.C.C.C.C.C.C.C.C.C.CCC1CC(CC)C2C3CC(CC3C(=O)OC(C)(CC)CC)C12.CCC1CC(CC)C2C3CC(CC3C(=O)OC3(C4CCCCC4)CCCC3)C12.CCC1CC(CC)C2C3CC(CC3C(=O)OC3(CC)CC4CCC3C4)C12.CCC1CC(CC)C2C3CC(CC3C(=O)OC3(CC)CCCC3)C12.CCC1CC(CC)C2C3CC(CC3C(CC(=O)OC3(CC)CC4CCC3C4)OC(C)=O)C12. The van der Waals surface area contributed by atoms with E-state index in [9.17, 15) is 28.8 Å². The predicted octanol–water partition coefficient (Wildman–Crippen LogP) is 36.2. The van der Waals surface area contributed by atoms with Crippen LogP contribution in [-0.4, -0.2) is 69.9 Å². The second kappa shape index (κ2) is 51.7. The van der Waals surface area contributed by atoms with Crippen LogP contribution in [0, 0.1) is 237 Å². The fraction of sp³-hybridized carbons (Fsp3) is 0.954. The van der Waals surface area contributed by atoms with Crippen molar-refractivity contribution in [2.24, 2.45) is 237 Å². The number of carbonyl (C=O) groups excluding carboxylic acids is 6. The molecule has 0 aromatic heterocycles. The van der Waals surface area contributed by atoms with E-state index in [1.807, 2.05) is 0 Å². The third kappa shape index (κ3) is 22.9. The van der Waals surface area contributed by atoms with Gasteiger partial charge in [-0.1, -0.05) is 262 Å². The molecule has 22 rings (SSSR count). The molecule has 0 N–H and O–H groups in total. The molecular formula is C131H236O12. The van der Waals surface area contributed by atoms with Crippen LogP contribution in [0.4, 0.5) is 0 Å². The summed E-state index contributed by atoms with van der Waals surface area (Å²) in [7, 11) is 0. The average Bonchev–Trinajstić information content (AvgIpc) is 1.58. The molecule has 22 fully saturated rings. The fourth-order valence-corrected chi connectivity index (χ4v) is 41.8. The first-order chi connectivity index (χ1) is 64.2. The molecule has 22 saturated carbocycles. The molecule has 12 nitrogen and oxygen atoms in total. The number of esters is 6. The molecule has 0 aromatic carbocycles. The van der Waals surface area contributed by atoms with Crippen molar-refractivity contribution in [1.82, 2.24) is 0 Å². The number of carbonyl (C=O) groups is 6. The Bertz CT molecular complexity index is 3930. The van der Waals surface area contributed by atoms with E-state index in [-0.39, 0.29) is 174 Å². The van der Waals surface area contributed by atoms with Crippen molar-refractivity contribution >= 4 is 35.8 Å². The standard InChI is InChI=1S/C28H44O4.C26H42O2.C24H38O2.C22H36O2.C21H36O2.10CH4/c1-5-18-11-19(6-2)27-23-13-20(26(18)27)12-22(23)24(31-16(4)29)14-25(30)32-28(7-3)15-17-8-9-21(28)10-17;1-3-17-14-18(4-2)24-21-15-19(23(17)24)16-22(21)25(27)28-26(12-8-9-13-26)20-10-6-5-7-11-20;1-4-15-10-16(5-2)22-19-11-17(21(15)22)12-20(19)23(25)26-24(6-3)13-14-7-8-18(24)9-14;1-4-14-11-15(5-2)20-17-12-16(19(14)20)13-18(17)21(23)24-22(6-3)9-7-8-10-22;1-6-13-10-14(7-2)19-16-11-15(18(13)19)12-17(16)20(22)23-21(5,8-3)9-4;;;;;;;;;;/h17-24,26-27H,5-15H2,1-4H3;17-24H,3-16H2,1-2H3;14-22H,4-13H2,1-3H3;14-20H,4-13H2,1-3H3;13-19H,6-12H2,1-5H3;10*1H4. The lowest BCUT2D eigenvalue weighted by Crippen LogP contribution is -2.44. The molecule has 832 valence electrons. The van der Waals surface area contributed by atoms with Gasteiger partial charge in [-0.25, -0.2) is 0 Å². The molecule has 14 bridgehead atoms. The maximum Gasteiger partial charge on any atom is 0.310 e. The average molecular weight is 2000 g/mol. The zero-order chi connectivity index (χ0) is 93.6. The molecule has 0 saturated heterocycles. The van der Waals surface area contributed by atoms with Crippen LogP contribution in [-0.2, 0) is 57.2 Å². The van der Waals surface area contributed by atoms with E-state index >= 15 is 0 Å². The monoisotopic (exact) mass is 2000 g/mol.